The van der Waals surface area contributed by atoms with Crippen LogP contribution in [-0.2, 0) is 19.6 Å². The lowest BCUT2D eigenvalue weighted by molar-refractivity contribution is -0.115. The van der Waals surface area contributed by atoms with Crippen LogP contribution in [0.15, 0.2) is 88.4 Å². The van der Waals surface area contributed by atoms with E-state index in [2.05, 4.69) is 4.99 Å². The quantitative estimate of drug-likeness (QED) is 0.413. The molecule has 3 aromatic carbocycles. The molecule has 9 heteroatoms. The Morgan fingerprint density at radius 3 is 2.39 bits per heavy atom. The zero-order valence-corrected chi connectivity index (χ0v) is 17.2. The molecular weight excluding hydrogens is 445 g/mol. The summed E-state index contributed by atoms with van der Waals surface area (Å²) in [6.07, 6.45) is 1.44. The number of carbonyl (C=O) groups excluding carboxylic acids is 1. The third kappa shape index (κ3) is 4.82. The standard InChI is InChI=1S/C22H13ClFNO5S/c23-16-6-10-19(11-7-16)31(27,28)30-18-8-4-14(5-9-18)12-20-21(26)25-22(29-20)15-2-1-3-17(24)13-15/h1-13H/b20-12+. The van der Waals surface area contributed by atoms with E-state index in [4.69, 9.17) is 20.5 Å². The summed E-state index contributed by atoms with van der Waals surface area (Å²) in [6, 6.07) is 17.1. The minimum absolute atomic E-state index is 0.00441. The fourth-order valence-electron chi connectivity index (χ4n) is 2.70. The van der Waals surface area contributed by atoms with Gasteiger partial charge in [-0.2, -0.15) is 13.4 Å². The van der Waals surface area contributed by atoms with E-state index in [0.717, 1.165) is 0 Å². The monoisotopic (exact) mass is 457 g/mol. The van der Waals surface area contributed by atoms with E-state index in [9.17, 15) is 17.6 Å². The lowest BCUT2D eigenvalue weighted by Gasteiger charge is -2.07. The van der Waals surface area contributed by atoms with Gasteiger partial charge >= 0.3 is 16.0 Å². The van der Waals surface area contributed by atoms with Crippen LogP contribution in [-0.4, -0.2) is 20.2 Å². The van der Waals surface area contributed by atoms with Crippen LogP contribution < -0.4 is 4.18 Å². The maximum atomic E-state index is 13.4. The molecule has 156 valence electrons. The van der Waals surface area contributed by atoms with Crippen molar-refractivity contribution in [3.05, 3.63) is 101 Å². The molecule has 6 nitrogen and oxygen atoms in total. The van der Waals surface area contributed by atoms with E-state index in [1.165, 1.54) is 60.7 Å². The smallest absolute Gasteiger partial charge is 0.339 e. The maximum absolute atomic E-state index is 13.4. The number of nitrogens with zero attached hydrogens (tertiary/aromatic N) is 1. The largest absolute Gasteiger partial charge is 0.432 e. The van der Waals surface area contributed by atoms with Gasteiger partial charge in [0.05, 0.1) is 0 Å². The van der Waals surface area contributed by atoms with Gasteiger partial charge in [0.1, 0.15) is 16.5 Å². The van der Waals surface area contributed by atoms with Crippen molar-refractivity contribution in [3.63, 3.8) is 0 Å². The molecule has 0 saturated carbocycles. The molecule has 3 aromatic rings. The third-order valence-electron chi connectivity index (χ3n) is 4.18. The molecule has 0 fully saturated rings. The van der Waals surface area contributed by atoms with Gasteiger partial charge in [0.25, 0.3) is 0 Å². The maximum Gasteiger partial charge on any atom is 0.339 e. The number of ether oxygens (including phenoxy) is 1. The molecule has 0 spiro atoms. The highest BCUT2D eigenvalue weighted by molar-refractivity contribution is 7.87. The number of carbonyl (C=O) groups is 1. The first kappa shape index (κ1) is 20.8. The van der Waals surface area contributed by atoms with Gasteiger partial charge in [-0.05, 0) is 66.2 Å². The van der Waals surface area contributed by atoms with E-state index < -0.39 is 21.8 Å². The van der Waals surface area contributed by atoms with Crippen LogP contribution in [0.3, 0.4) is 0 Å². The first-order chi connectivity index (χ1) is 14.8. The molecule has 0 aromatic heterocycles. The Morgan fingerprint density at radius 2 is 1.71 bits per heavy atom. The van der Waals surface area contributed by atoms with E-state index in [1.807, 2.05) is 0 Å². The number of hydrogen-bond acceptors (Lipinski definition) is 5. The Bertz CT molecular complexity index is 1320. The van der Waals surface area contributed by atoms with Gasteiger partial charge in [0, 0.05) is 10.6 Å². The van der Waals surface area contributed by atoms with Crippen LogP contribution in [0.25, 0.3) is 6.08 Å². The van der Waals surface area contributed by atoms with Gasteiger partial charge in [-0.15, -0.1) is 0 Å². The van der Waals surface area contributed by atoms with Gasteiger partial charge in [0.2, 0.25) is 5.90 Å². The Labute approximate surface area is 182 Å². The molecule has 0 N–H and O–H groups in total. The minimum Gasteiger partial charge on any atom is -0.432 e. The summed E-state index contributed by atoms with van der Waals surface area (Å²) in [4.78, 5) is 15.9. The molecular formula is C22H13ClFNO5S. The normalized spacial score (nSPS) is 15.0. The highest BCUT2D eigenvalue weighted by Gasteiger charge is 2.24. The molecule has 31 heavy (non-hydrogen) atoms. The molecule has 0 bridgehead atoms. The summed E-state index contributed by atoms with van der Waals surface area (Å²) >= 11 is 5.77. The van der Waals surface area contributed by atoms with Crippen molar-refractivity contribution < 1.29 is 26.5 Å². The van der Waals surface area contributed by atoms with Gasteiger partial charge < -0.3 is 8.92 Å². The van der Waals surface area contributed by atoms with Crippen LogP contribution in [0.2, 0.25) is 5.02 Å². The SMILES string of the molecule is O=C1N=C(c2cccc(F)c2)O/C1=C/c1ccc(OS(=O)(=O)c2ccc(Cl)cc2)cc1. The number of halogens is 2. The van der Waals surface area contributed by atoms with Gasteiger partial charge in [-0.25, -0.2) is 4.39 Å². The van der Waals surface area contributed by atoms with Crippen LogP contribution in [0, 0.1) is 5.82 Å². The van der Waals surface area contributed by atoms with E-state index in [0.29, 0.717) is 16.1 Å². The number of hydrogen-bond donors (Lipinski definition) is 0. The fraction of sp³-hybridized carbons (Fsp3) is 0. The second-order valence-corrected chi connectivity index (χ2v) is 8.39. The Kier molecular flexibility index (Phi) is 5.58. The molecule has 1 aliphatic rings. The molecule has 1 amide bonds. The van der Waals surface area contributed by atoms with Crippen molar-refractivity contribution >= 4 is 39.6 Å². The molecule has 0 saturated heterocycles. The lowest BCUT2D eigenvalue weighted by Crippen LogP contribution is -2.09. The summed E-state index contributed by atoms with van der Waals surface area (Å²) in [5.41, 5.74) is 0.892. The van der Waals surface area contributed by atoms with E-state index >= 15 is 0 Å². The third-order valence-corrected chi connectivity index (χ3v) is 5.69. The first-order valence-corrected chi connectivity index (χ1v) is 10.7. The van der Waals surface area contributed by atoms with Crippen LogP contribution in [0.5, 0.6) is 5.75 Å². The van der Waals surface area contributed by atoms with Crippen molar-refractivity contribution in [1.29, 1.82) is 0 Å². The second kappa shape index (κ2) is 8.33. The number of amides is 1. The number of aliphatic imine (C=N–C) groups is 1. The van der Waals surface area contributed by atoms with Crippen molar-refractivity contribution in [3.8, 4) is 5.75 Å². The number of rotatable bonds is 5. The predicted molar refractivity (Wildman–Crippen MR) is 113 cm³/mol. The highest BCUT2D eigenvalue weighted by atomic mass is 35.5. The van der Waals surface area contributed by atoms with Crippen LogP contribution >= 0.6 is 11.6 Å². The molecule has 1 aliphatic heterocycles. The topological polar surface area (TPSA) is 82.0 Å². The summed E-state index contributed by atoms with van der Waals surface area (Å²) in [5, 5.41) is 0.407. The molecule has 0 aliphatic carbocycles. The van der Waals surface area contributed by atoms with Gasteiger partial charge in [0.15, 0.2) is 5.76 Å². The molecule has 0 unspecified atom stereocenters. The van der Waals surface area contributed by atoms with Crippen molar-refractivity contribution in [2.75, 3.05) is 0 Å². The van der Waals surface area contributed by atoms with E-state index in [1.54, 1.807) is 18.2 Å². The Morgan fingerprint density at radius 1 is 1.00 bits per heavy atom. The van der Waals surface area contributed by atoms with Crippen molar-refractivity contribution in [2.45, 2.75) is 4.90 Å². The van der Waals surface area contributed by atoms with Crippen LogP contribution in [0.1, 0.15) is 11.1 Å². The number of benzene rings is 3. The lowest BCUT2D eigenvalue weighted by atomic mass is 10.2. The van der Waals surface area contributed by atoms with Crippen molar-refractivity contribution in [1.82, 2.24) is 0 Å². The Balaban J connectivity index is 1.48. The average molecular weight is 458 g/mol. The van der Waals surface area contributed by atoms with Crippen molar-refractivity contribution in [2.24, 2.45) is 4.99 Å². The van der Waals surface area contributed by atoms with E-state index in [-0.39, 0.29) is 22.3 Å². The molecule has 4 rings (SSSR count). The Hall–Kier alpha value is -3.49. The predicted octanol–water partition coefficient (Wildman–Crippen LogP) is 4.59. The van der Waals surface area contributed by atoms with Crippen LogP contribution in [0.4, 0.5) is 4.39 Å². The summed E-state index contributed by atoms with van der Waals surface area (Å²) in [5.74, 6) is -1.03. The zero-order chi connectivity index (χ0) is 22.0. The molecule has 0 radical (unpaired) electrons. The zero-order valence-electron chi connectivity index (χ0n) is 15.7. The second-order valence-electron chi connectivity index (χ2n) is 6.40. The fourth-order valence-corrected chi connectivity index (χ4v) is 3.76. The summed E-state index contributed by atoms with van der Waals surface area (Å²) < 4.78 is 48.6. The minimum atomic E-state index is -4.02. The molecule has 0 atom stereocenters. The first-order valence-electron chi connectivity index (χ1n) is 8.89. The summed E-state index contributed by atoms with van der Waals surface area (Å²) in [6.45, 7) is 0. The molecule has 1 heterocycles. The highest BCUT2D eigenvalue weighted by Crippen LogP contribution is 2.23. The van der Waals surface area contributed by atoms with Gasteiger partial charge in [-0.3, -0.25) is 4.79 Å². The average Bonchev–Trinajstić information content (AvgIpc) is 3.10. The van der Waals surface area contributed by atoms with Gasteiger partial charge in [-0.1, -0.05) is 29.8 Å². The summed E-state index contributed by atoms with van der Waals surface area (Å²) in [7, 11) is -4.02.